The molecule has 18 heavy (non-hydrogen) atoms. The van der Waals surface area contributed by atoms with E-state index in [1.807, 2.05) is 4.90 Å². The Hall–Kier alpha value is -0.320. The number of nitrogens with one attached hydrogen (secondary N) is 1. The van der Waals surface area contributed by atoms with Crippen molar-refractivity contribution >= 4 is 18.3 Å². The smallest absolute Gasteiger partial charge is 0.248 e. The molecule has 1 aliphatic carbocycles. The number of carbonyl (C=O) groups excluding carboxylic acids is 1. The molecule has 1 saturated heterocycles. The second-order valence-corrected chi connectivity index (χ2v) is 5.21. The summed E-state index contributed by atoms with van der Waals surface area (Å²) in [6.07, 6.45) is 6.41. The van der Waals surface area contributed by atoms with Gasteiger partial charge in [-0.3, -0.25) is 4.79 Å². The first-order valence-electron chi connectivity index (χ1n) is 6.89. The summed E-state index contributed by atoms with van der Waals surface area (Å²) in [5.41, 5.74) is 0. The van der Waals surface area contributed by atoms with Gasteiger partial charge in [0.15, 0.2) is 0 Å². The van der Waals surface area contributed by atoms with E-state index in [2.05, 4.69) is 12.2 Å². The van der Waals surface area contributed by atoms with Gasteiger partial charge in [-0.25, -0.2) is 0 Å². The van der Waals surface area contributed by atoms with Crippen LogP contribution in [0.1, 0.15) is 39.0 Å². The lowest BCUT2D eigenvalue weighted by molar-refractivity contribution is -0.141. The standard InChI is InChI=1S/C13H24N2O2.ClH/c1-11-9-14-7-8-15(11)13(16)10-17-12-5-3-2-4-6-12;/h11-12,14H,2-10H2,1H3;1H/t11-;/m1./s1. The van der Waals surface area contributed by atoms with Crippen LogP contribution in [0.3, 0.4) is 0 Å². The van der Waals surface area contributed by atoms with Gasteiger partial charge in [-0.15, -0.1) is 12.4 Å². The number of carbonyl (C=O) groups is 1. The molecule has 0 aromatic carbocycles. The number of hydrogen-bond acceptors (Lipinski definition) is 3. The molecule has 1 N–H and O–H groups in total. The first-order valence-corrected chi connectivity index (χ1v) is 6.89. The van der Waals surface area contributed by atoms with E-state index in [0.29, 0.717) is 12.1 Å². The SMILES string of the molecule is C[C@@H]1CNCCN1C(=O)COC1CCCCC1.Cl. The molecular weight excluding hydrogens is 252 g/mol. The molecule has 4 nitrogen and oxygen atoms in total. The molecule has 0 unspecified atom stereocenters. The van der Waals surface area contributed by atoms with Crippen molar-refractivity contribution in [1.29, 1.82) is 0 Å². The summed E-state index contributed by atoms with van der Waals surface area (Å²) in [5, 5.41) is 3.29. The van der Waals surface area contributed by atoms with Crippen molar-refractivity contribution in [2.45, 2.75) is 51.2 Å². The molecule has 0 aromatic heterocycles. The van der Waals surface area contributed by atoms with E-state index in [1.165, 1.54) is 19.3 Å². The van der Waals surface area contributed by atoms with Crippen molar-refractivity contribution in [3.8, 4) is 0 Å². The molecule has 0 bridgehead atoms. The van der Waals surface area contributed by atoms with Crippen LogP contribution in [0.4, 0.5) is 0 Å². The zero-order valence-electron chi connectivity index (χ0n) is 11.2. The minimum atomic E-state index is 0. The zero-order valence-corrected chi connectivity index (χ0v) is 12.0. The van der Waals surface area contributed by atoms with Gasteiger partial charge in [-0.05, 0) is 19.8 Å². The fraction of sp³-hybridized carbons (Fsp3) is 0.923. The molecule has 1 aliphatic heterocycles. The topological polar surface area (TPSA) is 41.6 Å². The van der Waals surface area contributed by atoms with Gasteiger partial charge in [-0.1, -0.05) is 19.3 Å². The molecule has 0 spiro atoms. The number of piperazine rings is 1. The summed E-state index contributed by atoms with van der Waals surface area (Å²) < 4.78 is 5.73. The van der Waals surface area contributed by atoms with Gasteiger partial charge in [0.05, 0.1) is 6.10 Å². The van der Waals surface area contributed by atoms with Crippen LogP contribution in [0.15, 0.2) is 0 Å². The highest BCUT2D eigenvalue weighted by Gasteiger charge is 2.24. The van der Waals surface area contributed by atoms with Gasteiger partial charge in [0.1, 0.15) is 6.61 Å². The van der Waals surface area contributed by atoms with Crippen molar-refractivity contribution in [3.05, 3.63) is 0 Å². The molecular formula is C13H25ClN2O2. The fourth-order valence-corrected chi connectivity index (χ4v) is 2.72. The van der Waals surface area contributed by atoms with Gasteiger partial charge in [0.25, 0.3) is 0 Å². The third-order valence-electron chi connectivity index (χ3n) is 3.82. The monoisotopic (exact) mass is 276 g/mol. The Balaban J connectivity index is 0.00000162. The summed E-state index contributed by atoms with van der Waals surface area (Å²) in [5.74, 6) is 0.157. The number of ether oxygens (including phenoxy) is 1. The second-order valence-electron chi connectivity index (χ2n) is 5.21. The molecule has 2 fully saturated rings. The summed E-state index contributed by atoms with van der Waals surface area (Å²) >= 11 is 0. The van der Waals surface area contributed by atoms with Crippen molar-refractivity contribution in [3.63, 3.8) is 0 Å². The van der Waals surface area contributed by atoms with Gasteiger partial charge in [0, 0.05) is 25.7 Å². The minimum Gasteiger partial charge on any atom is -0.368 e. The fourth-order valence-electron chi connectivity index (χ4n) is 2.72. The molecule has 2 rings (SSSR count). The lowest BCUT2D eigenvalue weighted by Crippen LogP contribution is -2.53. The zero-order chi connectivity index (χ0) is 12.1. The van der Waals surface area contributed by atoms with E-state index in [0.717, 1.165) is 32.5 Å². The summed E-state index contributed by atoms with van der Waals surface area (Å²) in [6.45, 7) is 4.97. The Morgan fingerprint density at radius 3 is 2.72 bits per heavy atom. The van der Waals surface area contributed by atoms with Crippen LogP contribution in [-0.2, 0) is 9.53 Å². The van der Waals surface area contributed by atoms with E-state index < -0.39 is 0 Å². The van der Waals surface area contributed by atoms with E-state index in [1.54, 1.807) is 0 Å². The maximum absolute atomic E-state index is 12.0. The van der Waals surface area contributed by atoms with E-state index in [9.17, 15) is 4.79 Å². The van der Waals surface area contributed by atoms with Crippen molar-refractivity contribution in [1.82, 2.24) is 10.2 Å². The van der Waals surface area contributed by atoms with E-state index in [-0.39, 0.29) is 24.9 Å². The normalized spacial score (nSPS) is 25.6. The number of halogens is 1. The summed E-state index contributed by atoms with van der Waals surface area (Å²) in [7, 11) is 0. The van der Waals surface area contributed by atoms with Crippen LogP contribution in [0, 0.1) is 0 Å². The minimum absolute atomic E-state index is 0. The summed E-state index contributed by atoms with van der Waals surface area (Å²) in [4.78, 5) is 14.0. The highest BCUT2D eigenvalue weighted by molar-refractivity contribution is 5.85. The largest absolute Gasteiger partial charge is 0.368 e. The Morgan fingerprint density at radius 2 is 2.06 bits per heavy atom. The van der Waals surface area contributed by atoms with Crippen LogP contribution in [0.5, 0.6) is 0 Å². The van der Waals surface area contributed by atoms with Crippen LogP contribution < -0.4 is 5.32 Å². The molecule has 1 amide bonds. The number of nitrogens with zero attached hydrogens (tertiary/aromatic N) is 1. The van der Waals surface area contributed by atoms with Crippen molar-refractivity contribution < 1.29 is 9.53 Å². The first-order chi connectivity index (χ1) is 8.27. The average molecular weight is 277 g/mol. The van der Waals surface area contributed by atoms with E-state index in [4.69, 9.17) is 4.74 Å². The Morgan fingerprint density at radius 1 is 1.33 bits per heavy atom. The quantitative estimate of drug-likeness (QED) is 0.851. The molecule has 5 heteroatoms. The Labute approximate surface area is 116 Å². The molecule has 0 aromatic rings. The first kappa shape index (κ1) is 15.7. The molecule has 0 radical (unpaired) electrons. The van der Waals surface area contributed by atoms with Gasteiger partial charge in [-0.2, -0.15) is 0 Å². The maximum Gasteiger partial charge on any atom is 0.248 e. The van der Waals surface area contributed by atoms with Crippen LogP contribution in [0.2, 0.25) is 0 Å². The average Bonchev–Trinajstić information content (AvgIpc) is 2.38. The lowest BCUT2D eigenvalue weighted by Gasteiger charge is -2.34. The third-order valence-corrected chi connectivity index (χ3v) is 3.82. The van der Waals surface area contributed by atoms with Crippen molar-refractivity contribution in [2.75, 3.05) is 26.2 Å². The Kier molecular flexibility index (Phi) is 6.97. The van der Waals surface area contributed by atoms with Gasteiger partial charge >= 0.3 is 0 Å². The predicted molar refractivity (Wildman–Crippen MR) is 74.1 cm³/mol. The molecule has 2 aliphatic rings. The molecule has 1 atom stereocenters. The number of rotatable bonds is 3. The van der Waals surface area contributed by atoms with Gasteiger partial charge < -0.3 is 15.0 Å². The van der Waals surface area contributed by atoms with Crippen LogP contribution in [0.25, 0.3) is 0 Å². The molecule has 1 saturated carbocycles. The van der Waals surface area contributed by atoms with Gasteiger partial charge in [0.2, 0.25) is 5.91 Å². The second kappa shape index (κ2) is 7.97. The molecule has 106 valence electrons. The predicted octanol–water partition coefficient (Wildman–Crippen LogP) is 1.58. The number of hydrogen-bond donors (Lipinski definition) is 1. The number of amides is 1. The summed E-state index contributed by atoms with van der Waals surface area (Å²) in [6, 6.07) is 0.297. The van der Waals surface area contributed by atoms with Crippen molar-refractivity contribution in [2.24, 2.45) is 0 Å². The Bertz CT molecular complexity index is 257. The third kappa shape index (κ3) is 4.41. The van der Waals surface area contributed by atoms with Crippen LogP contribution >= 0.6 is 12.4 Å². The highest BCUT2D eigenvalue weighted by Crippen LogP contribution is 2.20. The molecule has 1 heterocycles. The lowest BCUT2D eigenvalue weighted by atomic mass is 9.98. The maximum atomic E-state index is 12.0. The van der Waals surface area contributed by atoms with Crippen LogP contribution in [-0.4, -0.2) is 49.2 Å². The highest BCUT2D eigenvalue weighted by atomic mass is 35.5. The van der Waals surface area contributed by atoms with E-state index >= 15 is 0 Å².